The van der Waals surface area contributed by atoms with E-state index in [-0.39, 0.29) is 11.2 Å². The van der Waals surface area contributed by atoms with Gasteiger partial charge in [0.2, 0.25) is 0 Å². The predicted molar refractivity (Wildman–Crippen MR) is 74.7 cm³/mol. The van der Waals surface area contributed by atoms with E-state index in [2.05, 4.69) is 20.2 Å². The Kier molecular flexibility index (Phi) is 3.19. The molecule has 1 aliphatic rings. The first-order valence-electron chi connectivity index (χ1n) is 6.65. The van der Waals surface area contributed by atoms with Crippen LogP contribution in [-0.4, -0.2) is 50.2 Å². The molecule has 108 valence electrons. The van der Waals surface area contributed by atoms with E-state index in [0.29, 0.717) is 17.7 Å². The van der Waals surface area contributed by atoms with Gasteiger partial charge < -0.3 is 10.3 Å². The monoisotopic (exact) mass is 278 g/mol. The Balaban J connectivity index is 2.02. The van der Waals surface area contributed by atoms with Gasteiger partial charge in [0.1, 0.15) is 11.3 Å². The second kappa shape index (κ2) is 4.88. The van der Waals surface area contributed by atoms with Crippen LogP contribution in [0.5, 0.6) is 0 Å². The molecule has 0 amide bonds. The summed E-state index contributed by atoms with van der Waals surface area (Å²) in [7, 11) is 3.10. The summed E-state index contributed by atoms with van der Waals surface area (Å²) in [6, 6.07) is 0. The number of fused-ring (bicyclic) bond motifs is 1. The molecule has 1 saturated heterocycles. The van der Waals surface area contributed by atoms with Crippen LogP contribution < -0.4 is 16.6 Å². The maximum absolute atomic E-state index is 12.1. The molecule has 2 aromatic heterocycles. The predicted octanol–water partition coefficient (Wildman–Crippen LogP) is -1.63. The maximum atomic E-state index is 12.1. The van der Waals surface area contributed by atoms with E-state index in [1.807, 2.05) is 0 Å². The van der Waals surface area contributed by atoms with Crippen molar-refractivity contribution in [3.05, 3.63) is 26.7 Å². The van der Waals surface area contributed by atoms with Crippen LogP contribution in [0.15, 0.2) is 9.59 Å². The van der Waals surface area contributed by atoms with E-state index in [9.17, 15) is 9.59 Å². The second-order valence-electron chi connectivity index (χ2n) is 5.11. The molecule has 0 radical (unpaired) electrons. The van der Waals surface area contributed by atoms with Crippen LogP contribution >= 0.6 is 0 Å². The lowest BCUT2D eigenvalue weighted by molar-refractivity contribution is 0.228. The topological polar surface area (TPSA) is 87.9 Å². The minimum Gasteiger partial charge on any atom is -0.335 e. The molecule has 0 bridgehead atoms. The van der Waals surface area contributed by atoms with Crippen molar-refractivity contribution in [3.8, 4) is 0 Å². The van der Waals surface area contributed by atoms with E-state index >= 15 is 0 Å². The summed E-state index contributed by atoms with van der Waals surface area (Å²) < 4.78 is 2.49. The van der Waals surface area contributed by atoms with Crippen molar-refractivity contribution in [3.63, 3.8) is 0 Å². The number of aromatic nitrogens is 4. The van der Waals surface area contributed by atoms with Crippen molar-refractivity contribution in [2.24, 2.45) is 14.1 Å². The third kappa shape index (κ3) is 2.06. The lowest BCUT2D eigenvalue weighted by atomic mass is 10.3. The highest BCUT2D eigenvalue weighted by Crippen LogP contribution is 2.07. The first kappa shape index (κ1) is 13.1. The largest absolute Gasteiger partial charge is 0.335 e. The summed E-state index contributed by atoms with van der Waals surface area (Å²) in [6.45, 7) is 4.48. The molecule has 8 heteroatoms. The van der Waals surface area contributed by atoms with Crippen LogP contribution in [0.2, 0.25) is 0 Å². The smallest absolute Gasteiger partial charge is 0.332 e. The lowest BCUT2D eigenvalue weighted by Gasteiger charge is -2.26. The number of aromatic amines is 1. The highest BCUT2D eigenvalue weighted by atomic mass is 16.2. The van der Waals surface area contributed by atoms with Gasteiger partial charge in [-0.05, 0) is 0 Å². The van der Waals surface area contributed by atoms with Crippen LogP contribution in [0.4, 0.5) is 0 Å². The third-order valence-electron chi connectivity index (χ3n) is 3.73. The van der Waals surface area contributed by atoms with Crippen molar-refractivity contribution < 1.29 is 0 Å². The molecule has 3 rings (SSSR count). The van der Waals surface area contributed by atoms with Crippen molar-refractivity contribution in [1.29, 1.82) is 0 Å². The molecule has 20 heavy (non-hydrogen) atoms. The van der Waals surface area contributed by atoms with Crippen molar-refractivity contribution in [2.45, 2.75) is 6.54 Å². The molecular weight excluding hydrogens is 260 g/mol. The van der Waals surface area contributed by atoms with E-state index in [1.165, 1.54) is 11.6 Å². The summed E-state index contributed by atoms with van der Waals surface area (Å²) in [4.78, 5) is 33.6. The number of hydrogen-bond acceptors (Lipinski definition) is 5. The molecular formula is C12H18N6O2. The fourth-order valence-corrected chi connectivity index (χ4v) is 2.53. The molecule has 0 aromatic carbocycles. The Morgan fingerprint density at radius 1 is 1.15 bits per heavy atom. The molecule has 0 saturated carbocycles. The third-order valence-corrected chi connectivity index (χ3v) is 3.73. The van der Waals surface area contributed by atoms with Gasteiger partial charge in [0.25, 0.3) is 5.56 Å². The maximum Gasteiger partial charge on any atom is 0.332 e. The second-order valence-corrected chi connectivity index (χ2v) is 5.11. The van der Waals surface area contributed by atoms with E-state index in [0.717, 1.165) is 36.6 Å². The molecule has 0 aliphatic carbocycles. The summed E-state index contributed by atoms with van der Waals surface area (Å²) in [5.41, 5.74) is 0.118. The molecule has 8 nitrogen and oxygen atoms in total. The highest BCUT2D eigenvalue weighted by molar-refractivity contribution is 5.69. The number of hydrogen-bond donors (Lipinski definition) is 2. The van der Waals surface area contributed by atoms with Crippen molar-refractivity contribution >= 4 is 11.2 Å². The van der Waals surface area contributed by atoms with Crippen molar-refractivity contribution in [2.75, 3.05) is 26.2 Å². The van der Waals surface area contributed by atoms with E-state index in [1.54, 1.807) is 7.05 Å². The van der Waals surface area contributed by atoms with Gasteiger partial charge in [-0.3, -0.25) is 18.8 Å². The van der Waals surface area contributed by atoms with Gasteiger partial charge in [-0.1, -0.05) is 0 Å². The minimum absolute atomic E-state index is 0.331. The van der Waals surface area contributed by atoms with E-state index in [4.69, 9.17) is 0 Å². The van der Waals surface area contributed by atoms with Gasteiger partial charge in [-0.15, -0.1) is 0 Å². The Hall–Kier alpha value is -1.93. The van der Waals surface area contributed by atoms with Gasteiger partial charge in [0, 0.05) is 40.3 Å². The quantitative estimate of drug-likeness (QED) is 0.688. The van der Waals surface area contributed by atoms with Gasteiger partial charge in [-0.2, -0.15) is 0 Å². The Morgan fingerprint density at radius 3 is 2.55 bits per heavy atom. The molecule has 0 unspecified atom stereocenters. The number of imidazole rings is 1. The van der Waals surface area contributed by atoms with Gasteiger partial charge in [0.15, 0.2) is 5.65 Å². The zero-order valence-electron chi connectivity index (χ0n) is 11.6. The SMILES string of the molecule is Cn1c(=O)c2[nH]c(CN3CCNCC3)nc2n(C)c1=O. The van der Waals surface area contributed by atoms with Gasteiger partial charge >= 0.3 is 5.69 Å². The number of H-pyrrole nitrogens is 1. The van der Waals surface area contributed by atoms with E-state index < -0.39 is 0 Å². The molecule has 1 aliphatic heterocycles. The summed E-state index contributed by atoms with van der Waals surface area (Å²) in [6.07, 6.45) is 0. The molecule has 0 atom stereocenters. The lowest BCUT2D eigenvalue weighted by Crippen LogP contribution is -2.43. The Bertz CT molecular complexity index is 750. The zero-order chi connectivity index (χ0) is 14.3. The summed E-state index contributed by atoms with van der Waals surface area (Å²) in [5.74, 6) is 0.722. The molecule has 3 heterocycles. The van der Waals surface area contributed by atoms with Crippen LogP contribution in [0.1, 0.15) is 5.82 Å². The molecule has 2 aromatic rings. The molecule has 0 spiro atoms. The zero-order valence-corrected chi connectivity index (χ0v) is 11.6. The van der Waals surface area contributed by atoms with Crippen LogP contribution in [0.3, 0.4) is 0 Å². The van der Waals surface area contributed by atoms with Gasteiger partial charge in [0.05, 0.1) is 6.54 Å². The number of rotatable bonds is 2. The first-order chi connectivity index (χ1) is 9.58. The Morgan fingerprint density at radius 2 is 1.85 bits per heavy atom. The minimum atomic E-state index is -0.359. The average molecular weight is 278 g/mol. The van der Waals surface area contributed by atoms with Crippen LogP contribution in [0.25, 0.3) is 11.2 Å². The van der Waals surface area contributed by atoms with Crippen LogP contribution in [0, 0.1) is 0 Å². The summed E-state index contributed by atoms with van der Waals surface area (Å²) in [5, 5.41) is 3.29. The summed E-state index contributed by atoms with van der Waals surface area (Å²) >= 11 is 0. The highest BCUT2D eigenvalue weighted by Gasteiger charge is 2.16. The first-order valence-corrected chi connectivity index (χ1v) is 6.65. The fraction of sp³-hybridized carbons (Fsp3) is 0.583. The van der Waals surface area contributed by atoms with Crippen molar-refractivity contribution in [1.82, 2.24) is 29.3 Å². The number of nitrogens with one attached hydrogen (secondary N) is 2. The standard InChI is InChI=1S/C12H18N6O2/c1-16-10-9(11(19)17(2)12(16)20)14-8(15-10)7-18-5-3-13-4-6-18/h13H,3-7H2,1-2H3,(H,14,15). The normalized spacial score (nSPS) is 16.9. The number of nitrogens with zero attached hydrogens (tertiary/aromatic N) is 4. The molecule has 2 N–H and O–H groups in total. The van der Waals surface area contributed by atoms with Gasteiger partial charge in [-0.25, -0.2) is 9.78 Å². The van der Waals surface area contributed by atoms with Crippen LogP contribution in [-0.2, 0) is 20.6 Å². The Labute approximate surface area is 115 Å². The average Bonchev–Trinajstić information content (AvgIpc) is 2.88. The fourth-order valence-electron chi connectivity index (χ4n) is 2.53. The molecule has 1 fully saturated rings. The number of piperazine rings is 1. The number of aryl methyl sites for hydroxylation is 1.